The molecule has 22 heteroatoms. The Morgan fingerprint density at radius 1 is 0.690 bits per heavy atom. The third kappa shape index (κ3) is 22.3. The molecule has 0 unspecified atom stereocenters. The van der Waals surface area contributed by atoms with Crippen molar-refractivity contribution in [2.24, 2.45) is 5.73 Å². The lowest BCUT2D eigenvalue weighted by Crippen LogP contribution is -2.42. The number of alkyl carbamates (subject to hydrolysis) is 2. The first-order valence-electron chi connectivity index (χ1n) is 17.5. The summed E-state index contributed by atoms with van der Waals surface area (Å²) < 4.78 is 28.7. The predicted molar refractivity (Wildman–Crippen MR) is 210 cm³/mol. The summed E-state index contributed by atoms with van der Waals surface area (Å²) in [4.78, 5) is 92.0. The number of hydrogen-bond acceptors (Lipinski definition) is 17. The van der Waals surface area contributed by atoms with Crippen LogP contribution in [0.4, 0.5) is 9.59 Å². The van der Waals surface area contributed by atoms with Crippen molar-refractivity contribution in [1.82, 2.24) is 26.3 Å². The molecule has 3 amide bonds. The number of aromatic carboxylic acids is 1. The number of carbonyl (C=O) groups is 8. The van der Waals surface area contributed by atoms with Gasteiger partial charge in [0, 0.05) is 12.8 Å². The number of nitrogens with one attached hydrogen (secondary N) is 3. The fourth-order valence-corrected chi connectivity index (χ4v) is 4.25. The van der Waals surface area contributed by atoms with Crippen LogP contribution in [-0.2, 0) is 38.1 Å². The van der Waals surface area contributed by atoms with Crippen LogP contribution in [0.3, 0.4) is 0 Å². The van der Waals surface area contributed by atoms with Gasteiger partial charge in [-0.05, 0) is 82.1 Å². The summed E-state index contributed by atoms with van der Waals surface area (Å²) in [5.74, 6) is -2.68. The number of amides is 3. The van der Waals surface area contributed by atoms with Crippen molar-refractivity contribution in [2.75, 3.05) is 27.3 Å². The summed E-state index contributed by atoms with van der Waals surface area (Å²) in [6, 6.07) is -1.85. The molecule has 21 nitrogen and oxygen atoms in total. The van der Waals surface area contributed by atoms with E-state index in [9.17, 15) is 38.4 Å². The van der Waals surface area contributed by atoms with Crippen LogP contribution in [0.15, 0.2) is 9.05 Å². The highest BCUT2D eigenvalue weighted by atomic mass is 32.1. The fraction of sp³-hybridized carbons (Fsp3) is 0.611. The summed E-state index contributed by atoms with van der Waals surface area (Å²) in [6.07, 6.45) is -1.14. The van der Waals surface area contributed by atoms with Gasteiger partial charge in [0.1, 0.15) is 45.9 Å². The zero-order valence-corrected chi connectivity index (χ0v) is 36.0. The van der Waals surface area contributed by atoms with Crippen molar-refractivity contribution in [3.8, 4) is 0 Å². The number of nitrogens with two attached hydrogens (primary N) is 1. The molecule has 6 N–H and O–H groups in total. The molecule has 0 aliphatic heterocycles. The SMILES string of the molecule is COC(=O)[C@@H](N)CCC(=O)CNC(=O)OC(C)(C)C.COC(=O)[C@H](CCC(=O)CNC(=O)OC(C)(C)C)NC(=O)c1c(C)noc1C.Cc1noc(C)c1C(=O)O.S. The zero-order chi connectivity index (χ0) is 44.3. The van der Waals surface area contributed by atoms with E-state index in [2.05, 4.69) is 40.3 Å². The Hall–Kier alpha value is -5.51. The topological polar surface area (TPSA) is 308 Å². The van der Waals surface area contributed by atoms with Gasteiger partial charge in [0.25, 0.3) is 5.91 Å². The van der Waals surface area contributed by atoms with Crippen LogP contribution in [0.25, 0.3) is 0 Å². The number of ketones is 2. The quantitative estimate of drug-likeness (QED) is 0.127. The van der Waals surface area contributed by atoms with Gasteiger partial charge in [-0.1, -0.05) is 10.3 Å². The van der Waals surface area contributed by atoms with E-state index < -0.39 is 59.3 Å². The molecule has 0 aliphatic rings. The minimum absolute atomic E-state index is 0. The number of esters is 2. The molecule has 328 valence electrons. The Morgan fingerprint density at radius 3 is 1.41 bits per heavy atom. The van der Waals surface area contributed by atoms with E-state index in [0.29, 0.717) is 22.9 Å². The van der Waals surface area contributed by atoms with Crippen molar-refractivity contribution in [2.45, 2.75) is 118 Å². The first-order valence-corrected chi connectivity index (χ1v) is 17.5. The highest BCUT2D eigenvalue weighted by Crippen LogP contribution is 2.14. The summed E-state index contributed by atoms with van der Waals surface area (Å²) in [7, 11) is 2.41. The van der Waals surface area contributed by atoms with Crippen molar-refractivity contribution >= 4 is 61.1 Å². The lowest BCUT2D eigenvalue weighted by atomic mass is 10.1. The molecule has 0 aliphatic carbocycles. The number of nitrogens with zero attached hydrogens (tertiary/aromatic N) is 2. The summed E-state index contributed by atoms with van der Waals surface area (Å²) in [5, 5.41) is 22.9. The van der Waals surface area contributed by atoms with Crippen molar-refractivity contribution in [1.29, 1.82) is 0 Å². The molecule has 0 bridgehead atoms. The first kappa shape index (κ1) is 54.6. The maximum absolute atomic E-state index is 12.4. The minimum atomic E-state index is -1.03. The van der Waals surface area contributed by atoms with Gasteiger partial charge in [-0.2, -0.15) is 13.5 Å². The number of ether oxygens (including phenoxy) is 4. The number of carboxylic acids is 1. The van der Waals surface area contributed by atoms with Gasteiger partial charge in [-0.3, -0.25) is 19.2 Å². The second-order valence-corrected chi connectivity index (χ2v) is 14.2. The van der Waals surface area contributed by atoms with E-state index in [0.717, 1.165) is 0 Å². The van der Waals surface area contributed by atoms with E-state index in [-0.39, 0.29) is 75.0 Å². The Bertz CT molecular complexity index is 1670. The number of carboxylic acid groups (broad SMARTS) is 1. The van der Waals surface area contributed by atoms with Crippen LogP contribution < -0.4 is 21.7 Å². The van der Waals surface area contributed by atoms with E-state index in [4.69, 9.17) is 24.8 Å². The second-order valence-electron chi connectivity index (χ2n) is 14.2. The van der Waals surface area contributed by atoms with Crippen LogP contribution in [-0.4, -0.2) is 114 Å². The number of aryl methyl sites for hydroxylation is 4. The molecule has 2 aromatic rings. The van der Waals surface area contributed by atoms with Crippen LogP contribution in [0.5, 0.6) is 0 Å². The molecule has 0 saturated heterocycles. The van der Waals surface area contributed by atoms with Gasteiger partial charge in [0.05, 0.1) is 38.7 Å². The highest BCUT2D eigenvalue weighted by Gasteiger charge is 2.27. The van der Waals surface area contributed by atoms with Gasteiger partial charge in [-0.15, -0.1) is 0 Å². The van der Waals surface area contributed by atoms with Crippen molar-refractivity contribution < 1.29 is 71.5 Å². The number of methoxy groups -OCH3 is 2. The third-order valence-electron chi connectivity index (χ3n) is 6.91. The van der Waals surface area contributed by atoms with Crippen molar-refractivity contribution in [3.63, 3.8) is 0 Å². The summed E-state index contributed by atoms with van der Waals surface area (Å²) in [5.41, 5.74) is 5.39. The molecule has 2 atom stereocenters. The van der Waals surface area contributed by atoms with Gasteiger partial charge < -0.3 is 54.8 Å². The van der Waals surface area contributed by atoms with Crippen LogP contribution in [0.1, 0.15) is 111 Å². The standard InChI is InChI=1S/C18H27N3O7.C12H22N2O5.C6H7NO3.H2S/c1-10-14(11(2)28-21-10)15(23)20-13(16(24)26-6)8-7-12(22)9-19-17(25)27-18(3,4)5;1-12(2,3)19-11(17)14-7-8(15)5-6-9(13)10(16)18-4;1-3-5(6(8)9)4(2)10-7-3;/h13H,7-9H2,1-6H3,(H,19,25)(H,20,23);9H,5-7,13H2,1-4H3,(H,14,17);1-2H3,(H,8,9);1H2/t13-;9-;;/m00../s1. The fourth-order valence-electron chi connectivity index (χ4n) is 4.25. The molecule has 2 rings (SSSR count). The third-order valence-corrected chi connectivity index (χ3v) is 6.91. The smallest absolute Gasteiger partial charge is 0.408 e. The number of Topliss-reactive ketones (excluding diaryl/α,β-unsaturated/α-hetero) is 2. The molecular formula is C36H58N6O15S. The molecule has 0 fully saturated rings. The molecule has 2 heterocycles. The number of carbonyl (C=O) groups excluding carboxylic acids is 7. The Kier molecular flexibility index (Phi) is 24.2. The van der Waals surface area contributed by atoms with Crippen LogP contribution in [0.2, 0.25) is 0 Å². The van der Waals surface area contributed by atoms with Gasteiger partial charge >= 0.3 is 30.1 Å². The van der Waals surface area contributed by atoms with Gasteiger partial charge in [0.2, 0.25) is 0 Å². The number of aromatic nitrogens is 2. The minimum Gasteiger partial charge on any atom is -0.477 e. The van der Waals surface area contributed by atoms with E-state index in [1.54, 1.807) is 69.2 Å². The van der Waals surface area contributed by atoms with Crippen molar-refractivity contribution in [3.05, 3.63) is 34.0 Å². The molecule has 0 saturated carbocycles. The highest BCUT2D eigenvalue weighted by molar-refractivity contribution is 7.59. The van der Waals surface area contributed by atoms with Gasteiger partial charge in [-0.25, -0.2) is 19.2 Å². The van der Waals surface area contributed by atoms with E-state index in [1.807, 2.05) is 0 Å². The second kappa shape index (κ2) is 25.7. The molecule has 0 aromatic carbocycles. The molecular weight excluding hydrogens is 788 g/mol. The largest absolute Gasteiger partial charge is 0.477 e. The Labute approximate surface area is 343 Å². The maximum Gasteiger partial charge on any atom is 0.408 e. The number of hydrogen-bond donors (Lipinski definition) is 5. The molecule has 2 aromatic heterocycles. The lowest BCUT2D eigenvalue weighted by Gasteiger charge is -2.19. The Balaban J connectivity index is 0. The number of rotatable bonds is 15. The van der Waals surface area contributed by atoms with E-state index >= 15 is 0 Å². The lowest BCUT2D eigenvalue weighted by molar-refractivity contribution is -0.143. The zero-order valence-electron chi connectivity index (χ0n) is 35.0. The molecule has 58 heavy (non-hydrogen) atoms. The monoisotopic (exact) mass is 846 g/mol. The average molecular weight is 847 g/mol. The molecule has 0 spiro atoms. The average Bonchev–Trinajstić information content (AvgIpc) is 3.63. The Morgan fingerprint density at radius 2 is 1.09 bits per heavy atom. The first-order chi connectivity index (χ1) is 26.2. The summed E-state index contributed by atoms with van der Waals surface area (Å²) in [6.45, 7) is 16.2. The normalized spacial score (nSPS) is 11.6. The maximum atomic E-state index is 12.4. The summed E-state index contributed by atoms with van der Waals surface area (Å²) >= 11 is 0. The van der Waals surface area contributed by atoms with Crippen LogP contribution >= 0.6 is 13.5 Å². The van der Waals surface area contributed by atoms with E-state index in [1.165, 1.54) is 14.2 Å². The molecule has 0 radical (unpaired) electrons. The predicted octanol–water partition coefficient (Wildman–Crippen LogP) is 2.90. The van der Waals surface area contributed by atoms with Gasteiger partial charge in [0.15, 0.2) is 11.6 Å². The van der Waals surface area contributed by atoms with Crippen LogP contribution in [0, 0.1) is 27.7 Å².